The minimum absolute atomic E-state index is 0.0241. The van der Waals surface area contributed by atoms with Gasteiger partial charge in [-0.05, 0) is 25.8 Å². The summed E-state index contributed by atoms with van der Waals surface area (Å²) in [5.41, 5.74) is 0.422. The molecule has 3 atom stereocenters. The first-order chi connectivity index (χ1) is 11.7. The minimum atomic E-state index is -2.35. The van der Waals surface area contributed by atoms with Crippen molar-refractivity contribution in [3.05, 3.63) is 35.4 Å². The lowest BCUT2D eigenvalue weighted by Gasteiger charge is -2.34. The zero-order chi connectivity index (χ0) is 19.0. The fourth-order valence-corrected chi connectivity index (χ4v) is 3.62. The Morgan fingerprint density at radius 1 is 1.36 bits per heavy atom. The van der Waals surface area contributed by atoms with Crippen LogP contribution in [0.15, 0.2) is 24.3 Å². The van der Waals surface area contributed by atoms with Gasteiger partial charge in [-0.2, -0.15) is 4.72 Å². The van der Waals surface area contributed by atoms with Crippen LogP contribution in [0.1, 0.15) is 44.2 Å². The molecule has 4 N–H and O–H groups in total. The van der Waals surface area contributed by atoms with Crippen LogP contribution < -0.4 is 15.4 Å². The number of carbonyl (C=O) groups excluding carboxylic acids is 1. The lowest BCUT2D eigenvalue weighted by molar-refractivity contribution is -0.122. The Bertz CT molecular complexity index is 622. The van der Waals surface area contributed by atoms with Crippen molar-refractivity contribution < 1.29 is 13.6 Å². The molecule has 0 saturated heterocycles. The molecule has 1 rings (SSSR count). The van der Waals surface area contributed by atoms with Crippen LogP contribution in [0, 0.1) is 6.92 Å². The normalized spacial score (nSPS) is 15.7. The predicted molar refractivity (Wildman–Crippen MR) is 106 cm³/mol. The number of carbonyl (C=O) groups is 1. The maximum absolute atomic E-state index is 12.6. The molecule has 0 saturated carbocycles. The van der Waals surface area contributed by atoms with Crippen LogP contribution in [0.4, 0.5) is 0 Å². The number of rotatable bonds is 9. The highest BCUT2D eigenvalue weighted by Gasteiger charge is 2.40. The molecule has 1 aromatic rings. The Balaban J connectivity index is 3.24. The van der Waals surface area contributed by atoms with Gasteiger partial charge in [0.2, 0.25) is 17.2 Å². The van der Waals surface area contributed by atoms with E-state index in [-0.39, 0.29) is 23.4 Å². The molecule has 0 aliphatic carbocycles. The topological polar surface area (TPSA) is 90.5 Å². The first-order valence-corrected chi connectivity index (χ1v) is 9.74. The van der Waals surface area contributed by atoms with E-state index in [1.165, 1.54) is 0 Å². The van der Waals surface area contributed by atoms with Crippen molar-refractivity contribution in [2.24, 2.45) is 0 Å². The molecule has 0 bridgehead atoms. The molecule has 1 aromatic carbocycles. The molecule has 0 aliphatic heterocycles. The zero-order valence-corrected chi connectivity index (χ0v) is 16.7. The summed E-state index contributed by atoms with van der Waals surface area (Å²) < 4.78 is 23.6. The van der Waals surface area contributed by atoms with E-state index in [1.54, 1.807) is 7.05 Å². The van der Waals surface area contributed by atoms with Crippen molar-refractivity contribution in [1.29, 1.82) is 0 Å². The van der Waals surface area contributed by atoms with Gasteiger partial charge in [-0.15, -0.1) is 0 Å². The van der Waals surface area contributed by atoms with Crippen molar-refractivity contribution in [3.63, 3.8) is 0 Å². The van der Waals surface area contributed by atoms with Crippen LogP contribution in [0.25, 0.3) is 0 Å². The smallest absolute Gasteiger partial charge is 0.232 e. The summed E-state index contributed by atoms with van der Waals surface area (Å²) in [4.78, 5) is 12.8. The molecule has 0 radical (unpaired) electrons. The van der Waals surface area contributed by atoms with Crippen molar-refractivity contribution in [2.45, 2.75) is 51.6 Å². The average molecular weight is 386 g/mol. The molecular formula is C17H27N3O3S2. The molecule has 0 heterocycles. The number of hydrogen-bond acceptors (Lipinski definition) is 3. The third kappa shape index (κ3) is 6.14. The van der Waals surface area contributed by atoms with Crippen LogP contribution in [0.2, 0.25) is 0 Å². The summed E-state index contributed by atoms with van der Waals surface area (Å²) in [6.07, 6.45) is 1.73. The molecule has 0 aromatic heterocycles. The molecule has 0 aliphatic rings. The maximum Gasteiger partial charge on any atom is 0.232 e. The van der Waals surface area contributed by atoms with Crippen LogP contribution in [-0.4, -0.2) is 32.7 Å². The summed E-state index contributed by atoms with van der Waals surface area (Å²) in [7, 11) is 1.63. The molecule has 1 amide bonds. The zero-order valence-electron chi connectivity index (χ0n) is 15.1. The van der Waals surface area contributed by atoms with E-state index in [2.05, 4.69) is 15.4 Å². The molecule has 0 spiro atoms. The molecule has 6 nitrogen and oxygen atoms in total. The summed E-state index contributed by atoms with van der Waals surface area (Å²) >= 11 is 3.05. The lowest BCUT2D eigenvalue weighted by Crippen LogP contribution is -2.56. The Morgan fingerprint density at radius 2 is 1.96 bits per heavy atom. The van der Waals surface area contributed by atoms with Crippen LogP contribution in [0.5, 0.6) is 0 Å². The van der Waals surface area contributed by atoms with Crippen LogP contribution in [0.3, 0.4) is 0 Å². The molecule has 3 unspecified atom stereocenters. The van der Waals surface area contributed by atoms with Gasteiger partial charge in [0, 0.05) is 13.1 Å². The standard InChI is InChI=1S/C17H27N3O3S2/c1-5-6-13(3)19-15(21)11-17(16(24)18-4,20-25(22)23)14-9-7-12(2)8-10-14/h7-10,13,20H,5-6,11H2,1-4H3,(H,18,24)(H,19,21)(H,22,23). The van der Waals surface area contributed by atoms with Gasteiger partial charge in [0.1, 0.15) is 10.5 Å². The molecular weight excluding hydrogens is 358 g/mol. The van der Waals surface area contributed by atoms with Gasteiger partial charge < -0.3 is 10.6 Å². The highest BCUT2D eigenvalue weighted by Crippen LogP contribution is 2.28. The van der Waals surface area contributed by atoms with Crippen LogP contribution in [-0.2, 0) is 21.6 Å². The maximum atomic E-state index is 12.6. The fourth-order valence-electron chi connectivity index (χ4n) is 2.73. The van der Waals surface area contributed by atoms with Gasteiger partial charge in [-0.3, -0.25) is 9.35 Å². The quantitative estimate of drug-likeness (QED) is 0.386. The van der Waals surface area contributed by atoms with Crippen molar-refractivity contribution in [2.75, 3.05) is 7.05 Å². The second-order valence-corrected chi connectivity index (χ2v) is 7.25. The summed E-state index contributed by atoms with van der Waals surface area (Å²) in [6.45, 7) is 5.92. The number of amides is 1. The van der Waals surface area contributed by atoms with Gasteiger partial charge >= 0.3 is 0 Å². The van der Waals surface area contributed by atoms with Gasteiger partial charge in [-0.1, -0.05) is 55.4 Å². The average Bonchev–Trinajstić information content (AvgIpc) is 2.53. The second kappa shape index (κ2) is 9.96. The van der Waals surface area contributed by atoms with E-state index in [0.29, 0.717) is 5.56 Å². The molecule has 8 heteroatoms. The van der Waals surface area contributed by atoms with Gasteiger partial charge in [0.15, 0.2) is 0 Å². The highest BCUT2D eigenvalue weighted by atomic mass is 32.2. The number of benzene rings is 1. The summed E-state index contributed by atoms with van der Waals surface area (Å²) in [5.74, 6) is -0.239. The van der Waals surface area contributed by atoms with E-state index < -0.39 is 16.8 Å². The highest BCUT2D eigenvalue weighted by molar-refractivity contribution is 7.80. The SMILES string of the molecule is CCCC(C)NC(=O)CC(NS(=O)O)(C(=S)NC)c1ccc(C)cc1. The van der Waals surface area contributed by atoms with E-state index >= 15 is 0 Å². The third-order valence-corrected chi connectivity index (χ3v) is 5.05. The number of hydrogen-bond donors (Lipinski definition) is 4. The van der Waals surface area contributed by atoms with Gasteiger partial charge in [0.25, 0.3) is 0 Å². The van der Waals surface area contributed by atoms with Crippen molar-refractivity contribution in [1.82, 2.24) is 15.4 Å². The van der Waals surface area contributed by atoms with Gasteiger partial charge in [0.05, 0.1) is 6.42 Å². The van der Waals surface area contributed by atoms with Crippen molar-refractivity contribution >= 4 is 34.4 Å². The Hall–Kier alpha value is -1.35. The van der Waals surface area contributed by atoms with Crippen molar-refractivity contribution in [3.8, 4) is 0 Å². The monoisotopic (exact) mass is 385 g/mol. The molecule has 25 heavy (non-hydrogen) atoms. The Labute approximate surface area is 157 Å². The van der Waals surface area contributed by atoms with E-state index in [0.717, 1.165) is 18.4 Å². The first-order valence-electron chi connectivity index (χ1n) is 8.22. The number of aryl methyl sites for hydroxylation is 1. The van der Waals surface area contributed by atoms with E-state index in [9.17, 15) is 13.6 Å². The second-order valence-electron chi connectivity index (χ2n) is 6.14. The minimum Gasteiger partial charge on any atom is -0.381 e. The molecule has 0 fully saturated rings. The predicted octanol–water partition coefficient (Wildman–Crippen LogP) is 2.16. The molecule has 140 valence electrons. The summed E-state index contributed by atoms with van der Waals surface area (Å²) in [6, 6.07) is 7.39. The van der Waals surface area contributed by atoms with E-state index in [1.807, 2.05) is 45.0 Å². The van der Waals surface area contributed by atoms with Crippen LogP contribution >= 0.6 is 12.2 Å². The van der Waals surface area contributed by atoms with Gasteiger partial charge in [-0.25, -0.2) is 4.21 Å². The lowest BCUT2D eigenvalue weighted by atomic mass is 9.86. The number of thiocarbonyl (C=S) groups is 1. The number of likely N-dealkylation sites (N-methyl/N-ethyl adjacent to an activating group) is 1. The first kappa shape index (κ1) is 21.7. The largest absolute Gasteiger partial charge is 0.381 e. The Kier molecular flexibility index (Phi) is 8.64. The summed E-state index contributed by atoms with van der Waals surface area (Å²) in [5, 5.41) is 5.77. The van der Waals surface area contributed by atoms with E-state index in [4.69, 9.17) is 12.2 Å². The third-order valence-electron chi connectivity index (χ3n) is 3.98. The Morgan fingerprint density at radius 3 is 2.44 bits per heavy atom. The fraction of sp³-hybridized carbons (Fsp3) is 0.529. The number of nitrogens with one attached hydrogen (secondary N) is 3.